The third-order valence-corrected chi connectivity index (χ3v) is 3.69. The molecular formula is C18H19NO3. The molecule has 1 aliphatic heterocycles. The fraction of sp³-hybridized carbons (Fsp3) is 0.278. The Balaban J connectivity index is 1.40. The average molecular weight is 297 g/mol. The van der Waals surface area contributed by atoms with Crippen LogP contribution in [0.1, 0.15) is 17.9 Å². The number of carbonyl (C=O) groups is 1. The fourth-order valence-electron chi connectivity index (χ4n) is 2.50. The number of para-hydroxylation sites is 2. The highest BCUT2D eigenvalue weighted by atomic mass is 16.5. The van der Waals surface area contributed by atoms with E-state index in [9.17, 15) is 4.79 Å². The van der Waals surface area contributed by atoms with Crippen molar-refractivity contribution in [2.45, 2.75) is 12.3 Å². The van der Waals surface area contributed by atoms with Crippen LogP contribution < -0.4 is 14.8 Å². The summed E-state index contributed by atoms with van der Waals surface area (Å²) in [5.74, 6) is 1.94. The van der Waals surface area contributed by atoms with Gasteiger partial charge in [-0.3, -0.25) is 4.79 Å². The maximum atomic E-state index is 11.9. The Labute approximate surface area is 130 Å². The number of fused-ring (bicyclic) bond motifs is 1. The molecule has 114 valence electrons. The fourth-order valence-corrected chi connectivity index (χ4v) is 2.50. The largest absolute Gasteiger partial charge is 0.493 e. The number of amides is 1. The first-order chi connectivity index (χ1) is 10.8. The van der Waals surface area contributed by atoms with E-state index >= 15 is 0 Å². The molecule has 1 N–H and O–H groups in total. The van der Waals surface area contributed by atoms with Crippen LogP contribution >= 0.6 is 0 Å². The lowest BCUT2D eigenvalue weighted by atomic mass is 10.0. The summed E-state index contributed by atoms with van der Waals surface area (Å²) in [6, 6.07) is 17.5. The first-order valence-corrected chi connectivity index (χ1v) is 7.49. The Bertz CT molecular complexity index is 627. The van der Waals surface area contributed by atoms with Crippen LogP contribution in [0, 0.1) is 0 Å². The minimum Gasteiger partial charge on any atom is -0.493 e. The van der Waals surface area contributed by atoms with E-state index in [1.807, 2.05) is 48.5 Å². The lowest BCUT2D eigenvalue weighted by Gasteiger charge is -2.11. The van der Waals surface area contributed by atoms with E-state index < -0.39 is 0 Å². The summed E-state index contributed by atoms with van der Waals surface area (Å²) in [4.78, 5) is 11.9. The molecule has 4 nitrogen and oxygen atoms in total. The van der Waals surface area contributed by atoms with Crippen molar-refractivity contribution >= 4 is 5.91 Å². The number of ether oxygens (including phenoxy) is 2. The summed E-state index contributed by atoms with van der Waals surface area (Å²) in [7, 11) is 0. The molecule has 0 aromatic heterocycles. The van der Waals surface area contributed by atoms with Gasteiger partial charge in [-0.05, 0) is 18.2 Å². The standard InChI is InChI=1S/C18H19NO3/c20-18(10-11-21-15-6-2-1-3-7-15)19-12-14-13-22-17-9-5-4-8-16(14)17/h1-9,14H,10-13H2,(H,19,20). The second-order valence-corrected chi connectivity index (χ2v) is 5.26. The number of nitrogens with one attached hydrogen (secondary N) is 1. The van der Waals surface area contributed by atoms with Gasteiger partial charge in [0.15, 0.2) is 0 Å². The smallest absolute Gasteiger partial charge is 0.223 e. The Morgan fingerprint density at radius 3 is 2.77 bits per heavy atom. The maximum Gasteiger partial charge on any atom is 0.223 e. The summed E-state index contributed by atoms with van der Waals surface area (Å²) in [6.07, 6.45) is 0.351. The molecule has 22 heavy (non-hydrogen) atoms. The van der Waals surface area contributed by atoms with Crippen LogP contribution in [0.2, 0.25) is 0 Å². The lowest BCUT2D eigenvalue weighted by Crippen LogP contribution is -2.29. The highest BCUT2D eigenvalue weighted by Gasteiger charge is 2.23. The number of carbonyl (C=O) groups excluding carboxylic acids is 1. The first kappa shape index (κ1) is 14.4. The summed E-state index contributed by atoms with van der Waals surface area (Å²) in [6.45, 7) is 1.61. The molecule has 0 bridgehead atoms. The van der Waals surface area contributed by atoms with Gasteiger partial charge in [-0.15, -0.1) is 0 Å². The molecule has 0 saturated heterocycles. The van der Waals surface area contributed by atoms with Gasteiger partial charge in [0, 0.05) is 18.0 Å². The van der Waals surface area contributed by atoms with Crippen molar-refractivity contribution in [3.8, 4) is 11.5 Å². The van der Waals surface area contributed by atoms with Crippen molar-refractivity contribution in [3.63, 3.8) is 0 Å². The topological polar surface area (TPSA) is 47.6 Å². The van der Waals surface area contributed by atoms with Crippen LogP contribution in [0.25, 0.3) is 0 Å². The second kappa shape index (κ2) is 6.98. The number of benzene rings is 2. The van der Waals surface area contributed by atoms with Crippen molar-refractivity contribution < 1.29 is 14.3 Å². The molecule has 2 aromatic carbocycles. The van der Waals surface area contributed by atoms with Crippen molar-refractivity contribution in [2.75, 3.05) is 19.8 Å². The third kappa shape index (κ3) is 3.58. The van der Waals surface area contributed by atoms with Gasteiger partial charge in [-0.25, -0.2) is 0 Å². The van der Waals surface area contributed by atoms with E-state index in [-0.39, 0.29) is 11.8 Å². The summed E-state index contributed by atoms with van der Waals surface area (Å²) in [5.41, 5.74) is 1.17. The van der Waals surface area contributed by atoms with E-state index in [0.29, 0.717) is 26.2 Å². The molecule has 2 aromatic rings. The van der Waals surface area contributed by atoms with Gasteiger partial charge in [0.05, 0.1) is 19.6 Å². The van der Waals surface area contributed by atoms with Gasteiger partial charge >= 0.3 is 0 Å². The lowest BCUT2D eigenvalue weighted by molar-refractivity contribution is -0.121. The van der Waals surface area contributed by atoms with Crippen LogP contribution in [0.4, 0.5) is 0 Å². The molecule has 3 rings (SSSR count). The Morgan fingerprint density at radius 2 is 1.91 bits per heavy atom. The number of hydrogen-bond acceptors (Lipinski definition) is 3. The quantitative estimate of drug-likeness (QED) is 0.892. The molecule has 1 atom stereocenters. The molecule has 0 radical (unpaired) electrons. The SMILES string of the molecule is O=C(CCOc1ccccc1)NCC1COc2ccccc21. The normalized spacial score (nSPS) is 15.7. The Hall–Kier alpha value is -2.49. The van der Waals surface area contributed by atoms with E-state index in [0.717, 1.165) is 11.5 Å². The predicted octanol–water partition coefficient (Wildman–Crippen LogP) is 2.75. The first-order valence-electron chi connectivity index (χ1n) is 7.49. The summed E-state index contributed by atoms with van der Waals surface area (Å²) >= 11 is 0. The molecule has 1 heterocycles. The zero-order valence-electron chi connectivity index (χ0n) is 12.3. The second-order valence-electron chi connectivity index (χ2n) is 5.26. The van der Waals surface area contributed by atoms with E-state index in [1.54, 1.807) is 0 Å². The molecule has 0 aliphatic carbocycles. The van der Waals surface area contributed by atoms with Crippen molar-refractivity contribution in [2.24, 2.45) is 0 Å². The van der Waals surface area contributed by atoms with Crippen LogP contribution in [0.15, 0.2) is 54.6 Å². The van der Waals surface area contributed by atoms with Gasteiger partial charge in [0.25, 0.3) is 0 Å². The van der Waals surface area contributed by atoms with Gasteiger partial charge in [-0.1, -0.05) is 36.4 Å². The average Bonchev–Trinajstić information content (AvgIpc) is 2.97. The maximum absolute atomic E-state index is 11.9. The molecule has 4 heteroatoms. The zero-order chi connectivity index (χ0) is 15.2. The monoisotopic (exact) mass is 297 g/mol. The van der Waals surface area contributed by atoms with Crippen molar-refractivity contribution in [1.82, 2.24) is 5.32 Å². The number of hydrogen-bond donors (Lipinski definition) is 1. The van der Waals surface area contributed by atoms with Gasteiger partial charge in [-0.2, -0.15) is 0 Å². The van der Waals surface area contributed by atoms with Crippen molar-refractivity contribution in [3.05, 3.63) is 60.2 Å². The molecular weight excluding hydrogens is 278 g/mol. The molecule has 0 fully saturated rings. The molecule has 0 spiro atoms. The molecule has 1 amide bonds. The van der Waals surface area contributed by atoms with Gasteiger partial charge in [0.1, 0.15) is 11.5 Å². The predicted molar refractivity (Wildman–Crippen MR) is 84.2 cm³/mol. The molecule has 1 aliphatic rings. The van der Waals surface area contributed by atoms with E-state index in [2.05, 4.69) is 11.4 Å². The van der Waals surface area contributed by atoms with Crippen LogP contribution in [-0.2, 0) is 4.79 Å². The molecule has 0 saturated carbocycles. The zero-order valence-corrected chi connectivity index (χ0v) is 12.3. The minimum absolute atomic E-state index is 0.000289. The summed E-state index contributed by atoms with van der Waals surface area (Å²) in [5, 5.41) is 2.95. The van der Waals surface area contributed by atoms with Gasteiger partial charge in [0.2, 0.25) is 5.91 Å². The van der Waals surface area contributed by atoms with Crippen LogP contribution in [-0.4, -0.2) is 25.7 Å². The van der Waals surface area contributed by atoms with Crippen LogP contribution in [0.3, 0.4) is 0 Å². The van der Waals surface area contributed by atoms with Gasteiger partial charge < -0.3 is 14.8 Å². The number of rotatable bonds is 6. The Kier molecular flexibility index (Phi) is 4.59. The molecule has 1 unspecified atom stereocenters. The van der Waals surface area contributed by atoms with Crippen molar-refractivity contribution in [1.29, 1.82) is 0 Å². The Morgan fingerprint density at radius 1 is 1.14 bits per heavy atom. The minimum atomic E-state index is 0.000289. The van der Waals surface area contributed by atoms with E-state index in [1.165, 1.54) is 5.56 Å². The van der Waals surface area contributed by atoms with E-state index in [4.69, 9.17) is 9.47 Å². The highest BCUT2D eigenvalue weighted by Crippen LogP contribution is 2.32. The summed E-state index contributed by atoms with van der Waals surface area (Å²) < 4.78 is 11.1. The highest BCUT2D eigenvalue weighted by molar-refractivity contribution is 5.76. The third-order valence-electron chi connectivity index (χ3n) is 3.69. The van der Waals surface area contributed by atoms with Crippen LogP contribution in [0.5, 0.6) is 11.5 Å².